The molecule has 28 heavy (non-hydrogen) atoms. The summed E-state index contributed by atoms with van der Waals surface area (Å²) < 4.78 is 53.7. The highest BCUT2D eigenvalue weighted by atomic mass is 35.5. The molecule has 3 rings (SSSR count). The molecule has 0 aromatic heterocycles. The third kappa shape index (κ3) is 3.99. The van der Waals surface area contributed by atoms with Crippen LogP contribution in [0.25, 0.3) is 0 Å². The molecule has 0 radical (unpaired) electrons. The molecule has 152 valence electrons. The molecule has 1 aliphatic heterocycles. The Morgan fingerprint density at radius 3 is 2.25 bits per heavy atom. The summed E-state index contributed by atoms with van der Waals surface area (Å²) in [6.07, 6.45) is 0.176. The second-order valence-electron chi connectivity index (χ2n) is 7.30. The first-order valence-corrected chi connectivity index (χ1v) is 12.6. The van der Waals surface area contributed by atoms with Crippen molar-refractivity contribution in [3.05, 3.63) is 63.7 Å². The first-order chi connectivity index (χ1) is 13.0. The van der Waals surface area contributed by atoms with Gasteiger partial charge in [0.2, 0.25) is 10.0 Å². The van der Waals surface area contributed by atoms with Crippen LogP contribution in [-0.4, -0.2) is 40.0 Å². The van der Waals surface area contributed by atoms with Gasteiger partial charge in [-0.1, -0.05) is 47.5 Å². The minimum absolute atomic E-state index is 0.0572. The maximum Gasteiger partial charge on any atom is 0.243 e. The number of nitrogens with zero attached hydrogens (tertiary/aromatic N) is 1. The average Bonchev–Trinajstić information content (AvgIpc) is 2.73. The summed E-state index contributed by atoms with van der Waals surface area (Å²) in [5, 5.41) is -0.417. The fourth-order valence-corrected chi connectivity index (χ4v) is 8.08. The van der Waals surface area contributed by atoms with Crippen LogP contribution in [0.3, 0.4) is 0 Å². The number of sulfone groups is 1. The Hall–Kier alpha value is -1.41. The molecule has 0 aliphatic carbocycles. The van der Waals surface area contributed by atoms with E-state index >= 15 is 0 Å². The normalized spacial score (nSPS) is 20.6. The molecular weight excluding hydrogens is 418 g/mol. The molecule has 0 spiro atoms. The summed E-state index contributed by atoms with van der Waals surface area (Å²) in [7, 11) is -7.32. The summed E-state index contributed by atoms with van der Waals surface area (Å²) in [6, 6.07) is 10.5. The van der Waals surface area contributed by atoms with Gasteiger partial charge in [0.25, 0.3) is 0 Å². The fraction of sp³-hybridized carbons (Fsp3) is 0.400. The lowest BCUT2D eigenvalue weighted by Crippen LogP contribution is -2.34. The number of rotatable bonds is 3. The number of halogens is 1. The van der Waals surface area contributed by atoms with Crippen molar-refractivity contribution in [3.8, 4) is 0 Å². The van der Waals surface area contributed by atoms with Gasteiger partial charge >= 0.3 is 0 Å². The van der Waals surface area contributed by atoms with E-state index < -0.39 is 25.1 Å². The van der Waals surface area contributed by atoms with Gasteiger partial charge in [0, 0.05) is 18.1 Å². The Morgan fingerprint density at radius 2 is 1.64 bits per heavy atom. The maximum absolute atomic E-state index is 13.3. The smallest absolute Gasteiger partial charge is 0.228 e. The van der Waals surface area contributed by atoms with Crippen molar-refractivity contribution in [1.29, 1.82) is 0 Å². The molecular formula is C20H24ClNO4S2. The van der Waals surface area contributed by atoms with Crippen LogP contribution in [0.1, 0.15) is 33.9 Å². The minimum atomic E-state index is -3.79. The van der Waals surface area contributed by atoms with Crippen LogP contribution in [0, 0.1) is 20.8 Å². The standard InChI is InChI=1S/C20H24ClNO4S2/c1-14-12-15(2)20(16(3)13-14)28(25,26)22-9-8-19(27(23,24)11-10-22)17-6-4-5-7-18(17)21/h4-7,12-13,19H,8-11H2,1-3H3. The zero-order chi connectivity index (χ0) is 20.7. The lowest BCUT2D eigenvalue weighted by Gasteiger charge is -2.22. The van der Waals surface area contributed by atoms with Gasteiger partial charge in [-0.25, -0.2) is 16.8 Å². The second-order valence-corrected chi connectivity index (χ2v) is 11.9. The summed E-state index contributed by atoms with van der Waals surface area (Å²) in [5.74, 6) is -0.230. The lowest BCUT2D eigenvalue weighted by atomic mass is 10.1. The van der Waals surface area contributed by atoms with Crippen molar-refractivity contribution in [2.75, 3.05) is 18.8 Å². The van der Waals surface area contributed by atoms with E-state index in [1.165, 1.54) is 4.31 Å². The number of hydrogen-bond donors (Lipinski definition) is 0. The van der Waals surface area contributed by atoms with E-state index in [1.54, 1.807) is 38.1 Å². The Morgan fingerprint density at radius 1 is 1.04 bits per heavy atom. The molecule has 0 N–H and O–H groups in total. The predicted octanol–water partition coefficient (Wildman–Crippen LogP) is 3.82. The maximum atomic E-state index is 13.3. The highest BCUT2D eigenvalue weighted by molar-refractivity contribution is 7.92. The summed E-state index contributed by atoms with van der Waals surface area (Å²) in [5.41, 5.74) is 2.87. The molecule has 1 fully saturated rings. The monoisotopic (exact) mass is 441 g/mol. The third-order valence-electron chi connectivity index (χ3n) is 5.15. The van der Waals surface area contributed by atoms with E-state index in [1.807, 2.05) is 19.1 Å². The Labute approximate surface area is 172 Å². The Bertz CT molecular complexity index is 1090. The van der Waals surface area contributed by atoms with Crippen molar-refractivity contribution < 1.29 is 16.8 Å². The summed E-state index contributed by atoms with van der Waals surface area (Å²) in [6.45, 7) is 5.54. The van der Waals surface area contributed by atoms with Crippen LogP contribution in [0.5, 0.6) is 0 Å². The molecule has 2 aromatic carbocycles. The number of aryl methyl sites for hydroxylation is 3. The number of benzene rings is 2. The van der Waals surface area contributed by atoms with E-state index in [0.29, 0.717) is 21.7 Å². The molecule has 1 saturated heterocycles. The molecule has 1 aliphatic rings. The van der Waals surface area contributed by atoms with E-state index in [4.69, 9.17) is 11.6 Å². The number of sulfonamides is 1. The van der Waals surface area contributed by atoms with Crippen molar-refractivity contribution in [2.24, 2.45) is 0 Å². The molecule has 0 bridgehead atoms. The van der Waals surface area contributed by atoms with E-state index in [2.05, 4.69) is 0 Å². The van der Waals surface area contributed by atoms with Gasteiger partial charge in [0.1, 0.15) is 0 Å². The summed E-state index contributed by atoms with van der Waals surface area (Å²) in [4.78, 5) is 0.270. The summed E-state index contributed by atoms with van der Waals surface area (Å²) >= 11 is 6.22. The van der Waals surface area contributed by atoms with Gasteiger partial charge in [0.15, 0.2) is 9.84 Å². The van der Waals surface area contributed by atoms with Gasteiger partial charge in [0.05, 0.1) is 15.9 Å². The fourth-order valence-electron chi connectivity index (χ4n) is 3.95. The number of hydrogen-bond acceptors (Lipinski definition) is 4. The lowest BCUT2D eigenvalue weighted by molar-refractivity contribution is 0.427. The van der Waals surface area contributed by atoms with E-state index in [-0.39, 0.29) is 30.2 Å². The molecule has 0 saturated carbocycles. The molecule has 1 atom stereocenters. The van der Waals surface area contributed by atoms with Gasteiger partial charge < -0.3 is 0 Å². The van der Waals surface area contributed by atoms with Gasteiger partial charge in [-0.2, -0.15) is 4.31 Å². The zero-order valence-corrected chi connectivity index (χ0v) is 18.5. The molecule has 0 amide bonds. The van der Waals surface area contributed by atoms with E-state index in [9.17, 15) is 16.8 Å². The van der Waals surface area contributed by atoms with Crippen LogP contribution < -0.4 is 0 Å². The molecule has 5 nitrogen and oxygen atoms in total. The molecule has 1 heterocycles. The van der Waals surface area contributed by atoms with Crippen molar-refractivity contribution >= 4 is 31.5 Å². The van der Waals surface area contributed by atoms with Crippen LogP contribution in [-0.2, 0) is 19.9 Å². The van der Waals surface area contributed by atoms with E-state index in [0.717, 1.165) is 5.56 Å². The topological polar surface area (TPSA) is 71.5 Å². The predicted molar refractivity (Wildman–Crippen MR) is 112 cm³/mol. The molecule has 2 aromatic rings. The first-order valence-electron chi connectivity index (χ1n) is 9.08. The quantitative estimate of drug-likeness (QED) is 0.725. The largest absolute Gasteiger partial charge is 0.243 e. The van der Waals surface area contributed by atoms with Gasteiger partial charge in [-0.15, -0.1) is 0 Å². The average molecular weight is 442 g/mol. The SMILES string of the molecule is Cc1cc(C)c(S(=O)(=O)N2CCC(c3ccccc3Cl)S(=O)(=O)CC2)c(C)c1. The highest BCUT2D eigenvalue weighted by Gasteiger charge is 2.37. The first kappa shape index (κ1) is 21.3. The third-order valence-corrected chi connectivity index (χ3v) is 9.81. The van der Waals surface area contributed by atoms with Crippen molar-refractivity contribution in [2.45, 2.75) is 37.3 Å². The Kier molecular flexibility index (Phi) is 5.92. The van der Waals surface area contributed by atoms with Crippen LogP contribution >= 0.6 is 11.6 Å². The van der Waals surface area contributed by atoms with Crippen LogP contribution in [0.4, 0.5) is 0 Å². The minimum Gasteiger partial charge on any atom is -0.228 e. The highest BCUT2D eigenvalue weighted by Crippen LogP contribution is 2.35. The molecule has 1 unspecified atom stereocenters. The van der Waals surface area contributed by atoms with Gasteiger partial charge in [-0.05, 0) is 49.9 Å². The van der Waals surface area contributed by atoms with Crippen LogP contribution in [0.2, 0.25) is 5.02 Å². The Balaban J connectivity index is 1.98. The van der Waals surface area contributed by atoms with Crippen molar-refractivity contribution in [3.63, 3.8) is 0 Å². The van der Waals surface area contributed by atoms with Crippen molar-refractivity contribution in [1.82, 2.24) is 4.31 Å². The second kappa shape index (κ2) is 7.78. The zero-order valence-electron chi connectivity index (χ0n) is 16.1. The van der Waals surface area contributed by atoms with Gasteiger partial charge in [-0.3, -0.25) is 0 Å². The van der Waals surface area contributed by atoms with Crippen LogP contribution in [0.15, 0.2) is 41.3 Å². The molecule has 8 heteroatoms.